The Kier molecular flexibility index (Phi) is 7.41. The summed E-state index contributed by atoms with van der Waals surface area (Å²) in [5, 5.41) is 9.64. The molecule has 8 atom stereocenters. The van der Waals surface area contributed by atoms with Crippen LogP contribution < -0.4 is 0 Å². The molecule has 0 bridgehead atoms. The maximum absolute atomic E-state index is 11.7. The van der Waals surface area contributed by atoms with Gasteiger partial charge in [0.2, 0.25) is 0 Å². The minimum absolute atomic E-state index is 0.370. The molecule has 3 saturated carbocycles. The van der Waals surface area contributed by atoms with Crippen LogP contribution in [0.15, 0.2) is 11.6 Å². The summed E-state index contributed by atoms with van der Waals surface area (Å²) < 4.78 is 0. The molecule has 2 heteroatoms. The van der Waals surface area contributed by atoms with Crippen LogP contribution >= 0.6 is 0 Å². The lowest BCUT2D eigenvalue weighted by Crippen LogP contribution is -2.50. The van der Waals surface area contributed by atoms with Crippen molar-refractivity contribution in [2.24, 2.45) is 57.7 Å². The van der Waals surface area contributed by atoms with E-state index in [1.54, 1.807) is 5.57 Å². The molecule has 4 aliphatic carbocycles. The van der Waals surface area contributed by atoms with Gasteiger partial charge >= 0.3 is 5.97 Å². The van der Waals surface area contributed by atoms with Gasteiger partial charge in [0.15, 0.2) is 0 Å². The van der Waals surface area contributed by atoms with E-state index in [1.165, 1.54) is 64.2 Å². The summed E-state index contributed by atoms with van der Waals surface area (Å²) in [5.74, 6) is 5.20. The number of rotatable bonds is 8. The molecule has 2 unspecified atom stereocenters. The van der Waals surface area contributed by atoms with Gasteiger partial charge in [-0.05, 0) is 124 Å². The minimum Gasteiger partial charge on any atom is -0.481 e. The SMILES string of the molecule is CC(C)CCCC(C)[C@H]1CC[C@H]2[C@@H]3CC=C4CC(CC(C)(C)C(=O)O)CC[C@]4(C)[C@H]3CC[C@]12C. The van der Waals surface area contributed by atoms with E-state index < -0.39 is 11.4 Å². The lowest BCUT2D eigenvalue weighted by Gasteiger charge is -2.59. The zero-order valence-electron chi connectivity index (χ0n) is 23.5. The van der Waals surface area contributed by atoms with Crippen molar-refractivity contribution < 1.29 is 9.90 Å². The number of hydrogen-bond acceptors (Lipinski definition) is 1. The van der Waals surface area contributed by atoms with Crippen LogP contribution in [0.3, 0.4) is 0 Å². The van der Waals surface area contributed by atoms with Crippen molar-refractivity contribution in [1.29, 1.82) is 0 Å². The first kappa shape index (κ1) is 26.3. The van der Waals surface area contributed by atoms with E-state index in [2.05, 4.69) is 40.7 Å². The van der Waals surface area contributed by atoms with Crippen molar-refractivity contribution >= 4 is 5.97 Å². The van der Waals surface area contributed by atoms with E-state index in [-0.39, 0.29) is 0 Å². The second-order valence-electron chi connectivity index (χ2n) is 14.8. The summed E-state index contributed by atoms with van der Waals surface area (Å²) in [7, 11) is 0. The van der Waals surface area contributed by atoms with Gasteiger partial charge in [-0.1, -0.05) is 65.5 Å². The molecular formula is C32H54O2. The van der Waals surface area contributed by atoms with Gasteiger partial charge in [-0.15, -0.1) is 0 Å². The molecule has 0 spiro atoms. The Labute approximate surface area is 210 Å². The van der Waals surface area contributed by atoms with Gasteiger partial charge in [-0.3, -0.25) is 4.79 Å². The highest BCUT2D eigenvalue weighted by Crippen LogP contribution is 2.67. The molecule has 0 aromatic rings. The number of carboxylic acid groups (broad SMARTS) is 1. The van der Waals surface area contributed by atoms with Gasteiger partial charge in [-0.25, -0.2) is 0 Å². The maximum atomic E-state index is 11.7. The smallest absolute Gasteiger partial charge is 0.309 e. The highest BCUT2D eigenvalue weighted by Gasteiger charge is 2.59. The van der Waals surface area contributed by atoms with Crippen molar-refractivity contribution in [2.75, 3.05) is 0 Å². The van der Waals surface area contributed by atoms with Gasteiger partial charge in [-0.2, -0.15) is 0 Å². The fourth-order valence-corrected chi connectivity index (χ4v) is 9.74. The van der Waals surface area contributed by atoms with Crippen molar-refractivity contribution in [2.45, 2.75) is 126 Å². The summed E-state index contributed by atoms with van der Waals surface area (Å²) in [6.07, 6.45) is 18.4. The molecule has 4 rings (SSSR count). The van der Waals surface area contributed by atoms with Crippen LogP contribution in [0.2, 0.25) is 0 Å². The van der Waals surface area contributed by atoms with E-state index in [0.29, 0.717) is 16.7 Å². The molecule has 0 aromatic heterocycles. The number of fused-ring (bicyclic) bond motifs is 5. The van der Waals surface area contributed by atoms with Crippen molar-refractivity contribution in [3.05, 3.63) is 11.6 Å². The molecule has 194 valence electrons. The van der Waals surface area contributed by atoms with Gasteiger partial charge < -0.3 is 5.11 Å². The number of hydrogen-bond donors (Lipinski definition) is 1. The Morgan fingerprint density at radius 1 is 1.06 bits per heavy atom. The molecule has 0 amide bonds. The topological polar surface area (TPSA) is 37.3 Å². The standard InChI is InChI=1S/C32H54O2/c1-21(2)9-8-10-22(3)26-13-14-27-25-12-11-24-19-23(20-30(4,5)29(33)34)15-17-31(24,6)28(25)16-18-32(26,27)7/h11,21-23,25-28H,8-10,12-20H2,1-7H3,(H,33,34)/t22?,23?,25-,26+,27-,28-,31-,32+/m0/s1. The van der Waals surface area contributed by atoms with Crippen LogP contribution in [0, 0.1) is 57.7 Å². The first-order valence-corrected chi connectivity index (χ1v) is 14.8. The summed E-state index contributed by atoms with van der Waals surface area (Å²) >= 11 is 0. The summed E-state index contributed by atoms with van der Waals surface area (Å²) in [6, 6.07) is 0. The van der Waals surface area contributed by atoms with E-state index in [1.807, 2.05) is 13.8 Å². The maximum Gasteiger partial charge on any atom is 0.309 e. The van der Waals surface area contributed by atoms with Gasteiger partial charge in [0.05, 0.1) is 5.41 Å². The van der Waals surface area contributed by atoms with Crippen molar-refractivity contribution in [3.63, 3.8) is 0 Å². The number of carbonyl (C=O) groups is 1. The third-order valence-corrected chi connectivity index (χ3v) is 11.8. The molecule has 0 aromatic carbocycles. The average molecular weight is 471 g/mol. The van der Waals surface area contributed by atoms with Gasteiger partial charge in [0, 0.05) is 0 Å². The molecule has 3 fully saturated rings. The van der Waals surface area contributed by atoms with E-state index in [4.69, 9.17) is 0 Å². The third kappa shape index (κ3) is 4.66. The predicted octanol–water partition coefficient (Wildman–Crippen LogP) is 9.14. The predicted molar refractivity (Wildman–Crippen MR) is 143 cm³/mol. The molecule has 1 N–H and O–H groups in total. The summed E-state index contributed by atoms with van der Waals surface area (Å²) in [6.45, 7) is 16.4. The Balaban J connectivity index is 1.45. The monoisotopic (exact) mass is 470 g/mol. The summed E-state index contributed by atoms with van der Waals surface area (Å²) in [4.78, 5) is 11.7. The third-order valence-electron chi connectivity index (χ3n) is 11.8. The van der Waals surface area contributed by atoms with Crippen LogP contribution in [0.5, 0.6) is 0 Å². The largest absolute Gasteiger partial charge is 0.481 e. The Bertz CT molecular complexity index is 778. The number of aliphatic carboxylic acids is 1. The van der Waals surface area contributed by atoms with Crippen molar-refractivity contribution in [3.8, 4) is 0 Å². The fourth-order valence-electron chi connectivity index (χ4n) is 9.74. The zero-order chi connectivity index (χ0) is 24.9. The lowest BCUT2D eigenvalue weighted by atomic mass is 9.46. The van der Waals surface area contributed by atoms with E-state index in [9.17, 15) is 9.90 Å². The first-order valence-electron chi connectivity index (χ1n) is 14.8. The molecule has 0 heterocycles. The van der Waals surface area contributed by atoms with Crippen molar-refractivity contribution in [1.82, 2.24) is 0 Å². The number of carboxylic acids is 1. The Morgan fingerprint density at radius 3 is 2.47 bits per heavy atom. The molecule has 4 aliphatic rings. The first-order chi connectivity index (χ1) is 15.9. The Morgan fingerprint density at radius 2 is 1.79 bits per heavy atom. The van der Waals surface area contributed by atoms with E-state index >= 15 is 0 Å². The van der Waals surface area contributed by atoms with Gasteiger partial charge in [0.1, 0.15) is 0 Å². The number of allylic oxidation sites excluding steroid dienone is 2. The molecule has 0 radical (unpaired) electrons. The summed E-state index contributed by atoms with van der Waals surface area (Å²) in [5.41, 5.74) is 2.03. The highest BCUT2D eigenvalue weighted by molar-refractivity contribution is 5.73. The van der Waals surface area contributed by atoms with Crippen LogP contribution in [0.4, 0.5) is 0 Å². The molecular weight excluding hydrogens is 416 g/mol. The molecule has 0 aliphatic heterocycles. The minimum atomic E-state index is -0.640. The Hall–Kier alpha value is -0.790. The van der Waals surface area contributed by atoms with Gasteiger partial charge in [0.25, 0.3) is 0 Å². The molecule has 2 nitrogen and oxygen atoms in total. The fraction of sp³-hybridized carbons (Fsp3) is 0.906. The average Bonchev–Trinajstić information content (AvgIpc) is 3.10. The highest BCUT2D eigenvalue weighted by atomic mass is 16.4. The van der Waals surface area contributed by atoms with Crippen LogP contribution in [0.25, 0.3) is 0 Å². The normalized spacial score (nSPS) is 40.8. The quantitative estimate of drug-likeness (QED) is 0.359. The van der Waals surface area contributed by atoms with E-state index in [0.717, 1.165) is 48.3 Å². The molecule has 0 saturated heterocycles. The zero-order valence-corrected chi connectivity index (χ0v) is 23.5. The second kappa shape index (κ2) is 9.59. The van der Waals surface area contributed by atoms with Crippen LogP contribution in [0.1, 0.15) is 126 Å². The lowest BCUT2D eigenvalue weighted by molar-refractivity contribution is -0.148. The second-order valence-corrected chi connectivity index (χ2v) is 14.8. The van der Waals surface area contributed by atoms with Crippen LogP contribution in [-0.4, -0.2) is 11.1 Å². The van der Waals surface area contributed by atoms with Crippen LogP contribution in [-0.2, 0) is 4.79 Å². The molecule has 34 heavy (non-hydrogen) atoms.